The Kier molecular flexibility index (Phi) is 6.42. The van der Waals surface area contributed by atoms with Crippen molar-refractivity contribution in [2.45, 2.75) is 32.1 Å². The van der Waals surface area contributed by atoms with Crippen LogP contribution in [0.4, 0.5) is 18.9 Å². The maximum absolute atomic E-state index is 12.9. The van der Waals surface area contributed by atoms with Crippen molar-refractivity contribution in [1.82, 2.24) is 14.8 Å². The highest BCUT2D eigenvalue weighted by atomic mass is 35.5. The molecule has 1 heterocycles. The van der Waals surface area contributed by atoms with Crippen LogP contribution in [0.25, 0.3) is 5.69 Å². The fourth-order valence-electron chi connectivity index (χ4n) is 2.71. The summed E-state index contributed by atoms with van der Waals surface area (Å²) in [5.41, 5.74) is 2.14. The third-order valence-electron chi connectivity index (χ3n) is 4.44. The zero-order valence-electron chi connectivity index (χ0n) is 16.3. The second-order valence-corrected chi connectivity index (χ2v) is 8.01. The molecule has 30 heavy (non-hydrogen) atoms. The summed E-state index contributed by atoms with van der Waals surface area (Å²) in [7, 11) is 0. The molecule has 0 fully saturated rings. The topological polar surface area (TPSA) is 59.8 Å². The number of thioether (sulfide) groups is 1. The lowest BCUT2D eigenvalue weighted by Crippen LogP contribution is -2.16. The van der Waals surface area contributed by atoms with Crippen molar-refractivity contribution in [2.24, 2.45) is 0 Å². The Morgan fingerprint density at radius 1 is 1.10 bits per heavy atom. The van der Waals surface area contributed by atoms with E-state index in [1.54, 1.807) is 6.92 Å². The first-order chi connectivity index (χ1) is 14.1. The molecule has 0 radical (unpaired) electrons. The van der Waals surface area contributed by atoms with Gasteiger partial charge in [0, 0.05) is 5.69 Å². The lowest BCUT2D eigenvalue weighted by molar-refractivity contribution is -0.137. The summed E-state index contributed by atoms with van der Waals surface area (Å²) >= 11 is 7.06. The molecule has 0 bridgehead atoms. The number of anilines is 1. The van der Waals surface area contributed by atoms with Crippen LogP contribution in [0.1, 0.15) is 22.5 Å². The molecule has 3 aromatic rings. The zero-order chi connectivity index (χ0) is 22.1. The van der Waals surface area contributed by atoms with Crippen LogP contribution in [0.15, 0.2) is 41.6 Å². The molecule has 0 aliphatic rings. The predicted octanol–water partition coefficient (Wildman–Crippen LogP) is 5.60. The Hall–Kier alpha value is -2.52. The van der Waals surface area contributed by atoms with Crippen LogP contribution in [0.2, 0.25) is 5.02 Å². The van der Waals surface area contributed by atoms with Gasteiger partial charge in [-0.05, 0) is 62.2 Å². The fraction of sp³-hybridized carbons (Fsp3) is 0.250. The van der Waals surface area contributed by atoms with Crippen LogP contribution in [0.3, 0.4) is 0 Å². The molecular formula is C20H18ClF3N4OS. The molecule has 0 spiro atoms. The van der Waals surface area contributed by atoms with E-state index in [0.29, 0.717) is 11.0 Å². The molecule has 0 aliphatic carbocycles. The Bertz CT molecular complexity index is 1100. The molecule has 1 amide bonds. The van der Waals surface area contributed by atoms with E-state index in [1.165, 1.54) is 0 Å². The van der Waals surface area contributed by atoms with E-state index in [1.807, 2.05) is 36.6 Å². The second-order valence-electron chi connectivity index (χ2n) is 6.66. The van der Waals surface area contributed by atoms with Gasteiger partial charge in [0.1, 0.15) is 5.82 Å². The molecule has 0 saturated heterocycles. The quantitative estimate of drug-likeness (QED) is 0.510. The summed E-state index contributed by atoms with van der Waals surface area (Å²) in [6.45, 7) is 5.81. The Labute approximate surface area is 180 Å². The van der Waals surface area contributed by atoms with E-state index >= 15 is 0 Å². The van der Waals surface area contributed by atoms with E-state index in [-0.39, 0.29) is 16.5 Å². The molecule has 5 nitrogen and oxygen atoms in total. The largest absolute Gasteiger partial charge is 0.416 e. The van der Waals surface area contributed by atoms with Crippen LogP contribution in [0.5, 0.6) is 0 Å². The first-order valence-electron chi connectivity index (χ1n) is 8.85. The van der Waals surface area contributed by atoms with E-state index in [9.17, 15) is 18.0 Å². The monoisotopic (exact) mass is 454 g/mol. The van der Waals surface area contributed by atoms with Crippen molar-refractivity contribution in [3.05, 3.63) is 63.9 Å². The number of hydrogen-bond donors (Lipinski definition) is 1. The van der Waals surface area contributed by atoms with Gasteiger partial charge in [0.2, 0.25) is 5.91 Å². The number of aryl methyl sites for hydroxylation is 3. The van der Waals surface area contributed by atoms with Crippen molar-refractivity contribution in [2.75, 3.05) is 11.1 Å². The first-order valence-corrected chi connectivity index (χ1v) is 10.2. The predicted molar refractivity (Wildman–Crippen MR) is 111 cm³/mol. The van der Waals surface area contributed by atoms with Gasteiger partial charge in [-0.1, -0.05) is 29.4 Å². The van der Waals surface area contributed by atoms with Gasteiger partial charge in [0.05, 0.1) is 22.0 Å². The van der Waals surface area contributed by atoms with Crippen molar-refractivity contribution in [3.63, 3.8) is 0 Å². The van der Waals surface area contributed by atoms with Gasteiger partial charge in [-0.2, -0.15) is 13.2 Å². The van der Waals surface area contributed by atoms with Gasteiger partial charge in [-0.25, -0.2) is 0 Å². The van der Waals surface area contributed by atoms with Crippen LogP contribution in [0, 0.1) is 20.8 Å². The molecule has 2 aromatic carbocycles. The van der Waals surface area contributed by atoms with E-state index in [2.05, 4.69) is 15.5 Å². The minimum absolute atomic E-state index is 0.0236. The standard InChI is InChI=1S/C20H18ClF3N4OS/c1-11-4-6-15(8-12(11)2)28-13(3)26-27-19(28)30-10-18(29)25-17-9-14(20(22,23)24)5-7-16(17)21/h4-9H,10H2,1-3H3,(H,25,29). The summed E-state index contributed by atoms with van der Waals surface area (Å²) in [5.74, 6) is 0.0748. The van der Waals surface area contributed by atoms with Gasteiger partial charge < -0.3 is 5.32 Å². The number of carbonyl (C=O) groups is 1. The van der Waals surface area contributed by atoms with E-state index in [4.69, 9.17) is 11.6 Å². The number of amides is 1. The lowest BCUT2D eigenvalue weighted by Gasteiger charge is -2.12. The highest BCUT2D eigenvalue weighted by molar-refractivity contribution is 7.99. The first kappa shape index (κ1) is 22.2. The number of benzene rings is 2. The maximum Gasteiger partial charge on any atom is 0.416 e. The number of nitrogens with zero attached hydrogens (tertiary/aromatic N) is 3. The average Bonchev–Trinajstić information content (AvgIpc) is 3.04. The number of hydrogen-bond acceptors (Lipinski definition) is 4. The molecule has 0 saturated carbocycles. The number of aromatic nitrogens is 3. The summed E-state index contributed by atoms with van der Waals surface area (Å²) in [6, 6.07) is 8.70. The van der Waals surface area contributed by atoms with Gasteiger partial charge in [-0.15, -0.1) is 10.2 Å². The summed E-state index contributed by atoms with van der Waals surface area (Å²) in [5, 5.41) is 11.1. The highest BCUT2D eigenvalue weighted by Crippen LogP contribution is 2.34. The van der Waals surface area contributed by atoms with E-state index < -0.39 is 17.6 Å². The second kappa shape index (κ2) is 8.69. The zero-order valence-corrected chi connectivity index (χ0v) is 17.9. The summed E-state index contributed by atoms with van der Waals surface area (Å²) in [4.78, 5) is 12.3. The fourth-order valence-corrected chi connectivity index (χ4v) is 3.67. The minimum atomic E-state index is -4.53. The van der Waals surface area contributed by atoms with Crippen LogP contribution >= 0.6 is 23.4 Å². The molecule has 0 aliphatic heterocycles. The molecule has 3 rings (SSSR count). The normalized spacial score (nSPS) is 11.6. The van der Waals surface area contributed by atoms with Gasteiger partial charge in [0.15, 0.2) is 5.16 Å². The van der Waals surface area contributed by atoms with Crippen LogP contribution in [-0.2, 0) is 11.0 Å². The maximum atomic E-state index is 12.9. The molecule has 0 unspecified atom stereocenters. The third kappa shape index (κ3) is 4.96. The van der Waals surface area contributed by atoms with Crippen molar-refractivity contribution < 1.29 is 18.0 Å². The molecule has 0 atom stereocenters. The highest BCUT2D eigenvalue weighted by Gasteiger charge is 2.31. The molecular weight excluding hydrogens is 437 g/mol. The number of halogens is 4. The van der Waals surface area contributed by atoms with Crippen molar-refractivity contribution in [1.29, 1.82) is 0 Å². The van der Waals surface area contributed by atoms with Crippen LogP contribution in [-0.4, -0.2) is 26.4 Å². The number of alkyl halides is 3. The average molecular weight is 455 g/mol. The van der Waals surface area contributed by atoms with Gasteiger partial charge in [0.25, 0.3) is 0 Å². The van der Waals surface area contributed by atoms with Crippen molar-refractivity contribution in [3.8, 4) is 5.69 Å². The summed E-state index contributed by atoms with van der Waals surface area (Å²) in [6.07, 6.45) is -4.53. The molecule has 10 heteroatoms. The Morgan fingerprint density at radius 2 is 1.83 bits per heavy atom. The third-order valence-corrected chi connectivity index (χ3v) is 5.70. The Morgan fingerprint density at radius 3 is 2.50 bits per heavy atom. The van der Waals surface area contributed by atoms with Gasteiger partial charge in [-0.3, -0.25) is 9.36 Å². The molecule has 1 N–H and O–H groups in total. The Balaban J connectivity index is 1.74. The number of nitrogens with one attached hydrogen (secondary N) is 1. The molecule has 158 valence electrons. The minimum Gasteiger partial charge on any atom is -0.324 e. The van der Waals surface area contributed by atoms with Crippen molar-refractivity contribution >= 4 is 35.0 Å². The van der Waals surface area contributed by atoms with Crippen LogP contribution < -0.4 is 5.32 Å². The lowest BCUT2D eigenvalue weighted by atomic mass is 10.1. The molecule has 1 aromatic heterocycles. The summed E-state index contributed by atoms with van der Waals surface area (Å²) < 4.78 is 40.5. The number of rotatable bonds is 5. The SMILES string of the molecule is Cc1ccc(-n2c(C)nnc2SCC(=O)Nc2cc(C(F)(F)F)ccc2Cl)cc1C. The van der Waals surface area contributed by atoms with E-state index in [0.717, 1.165) is 46.8 Å². The number of carbonyl (C=O) groups excluding carboxylic acids is 1. The smallest absolute Gasteiger partial charge is 0.324 e. The van der Waals surface area contributed by atoms with Gasteiger partial charge >= 0.3 is 6.18 Å².